The lowest BCUT2D eigenvalue weighted by Gasteiger charge is -2.27. The van der Waals surface area contributed by atoms with Crippen LogP contribution in [-0.4, -0.2) is 48.5 Å². The van der Waals surface area contributed by atoms with E-state index in [1.807, 2.05) is 49.4 Å². The summed E-state index contributed by atoms with van der Waals surface area (Å²) in [5.74, 6) is -0.160. The Morgan fingerprint density at radius 1 is 1.03 bits per heavy atom. The van der Waals surface area contributed by atoms with Gasteiger partial charge >= 0.3 is 6.03 Å². The van der Waals surface area contributed by atoms with Crippen molar-refractivity contribution in [1.29, 1.82) is 5.26 Å². The average Bonchev–Trinajstić information content (AvgIpc) is 3.26. The molecule has 0 aliphatic carbocycles. The Balaban J connectivity index is 1.76. The van der Waals surface area contributed by atoms with Crippen LogP contribution < -0.4 is 5.32 Å². The molecule has 0 saturated carbocycles. The maximum absolute atomic E-state index is 13.4. The molecule has 0 spiro atoms. The lowest BCUT2D eigenvalue weighted by atomic mass is 10.2. The predicted molar refractivity (Wildman–Crippen MR) is 133 cm³/mol. The molecule has 1 heterocycles. The number of methoxy groups -OCH3 is 1. The monoisotopic (exact) mass is 476 g/mol. The summed E-state index contributed by atoms with van der Waals surface area (Å²) in [7, 11) is 1.55. The van der Waals surface area contributed by atoms with E-state index in [2.05, 4.69) is 11.4 Å². The molecule has 0 saturated heterocycles. The summed E-state index contributed by atoms with van der Waals surface area (Å²) in [4.78, 5) is 31.9. The highest BCUT2D eigenvalue weighted by atomic mass is 32.1. The molecule has 1 N–H and O–H groups in total. The third-order valence-electron chi connectivity index (χ3n) is 5.13. The number of nitrogens with zero attached hydrogens (tertiary/aromatic N) is 3. The fourth-order valence-electron chi connectivity index (χ4n) is 3.38. The number of ether oxygens (including phenoxy) is 1. The van der Waals surface area contributed by atoms with Gasteiger partial charge in [-0.15, -0.1) is 11.3 Å². The van der Waals surface area contributed by atoms with Gasteiger partial charge in [-0.25, -0.2) is 4.79 Å². The summed E-state index contributed by atoms with van der Waals surface area (Å²) in [6, 6.07) is 22.2. The van der Waals surface area contributed by atoms with Gasteiger partial charge in [0.2, 0.25) is 5.91 Å². The van der Waals surface area contributed by atoms with Crippen LogP contribution in [0.1, 0.15) is 20.9 Å². The van der Waals surface area contributed by atoms with Gasteiger partial charge in [-0.2, -0.15) is 5.26 Å². The molecule has 1 aromatic heterocycles. The van der Waals surface area contributed by atoms with Crippen molar-refractivity contribution in [2.75, 3.05) is 32.1 Å². The molecule has 2 aromatic carbocycles. The molecule has 0 fully saturated rings. The summed E-state index contributed by atoms with van der Waals surface area (Å²) in [5.41, 5.74) is 1.96. The molecule has 8 heteroatoms. The standard InChI is InChI=1S/C26H28N4O3S/c1-20-11-12-24(34-20)18-30(17-21-7-4-3-5-8-21)25(31)19-29(13-14-33-2)26(32)28-23-10-6-9-22(15-23)16-27/h3-12,15H,13-14,17-19H2,1-2H3,(H,28,32). The second kappa shape index (κ2) is 12.5. The van der Waals surface area contributed by atoms with E-state index in [1.54, 1.807) is 47.6 Å². The molecular formula is C26H28N4O3S. The molecular weight excluding hydrogens is 448 g/mol. The maximum atomic E-state index is 13.4. The highest BCUT2D eigenvalue weighted by Crippen LogP contribution is 2.19. The minimum Gasteiger partial charge on any atom is -0.383 e. The number of carbonyl (C=O) groups is 2. The Labute approximate surface area is 204 Å². The van der Waals surface area contributed by atoms with Crippen LogP contribution >= 0.6 is 11.3 Å². The molecule has 0 bridgehead atoms. The van der Waals surface area contributed by atoms with Crippen molar-refractivity contribution >= 4 is 29.0 Å². The molecule has 0 unspecified atom stereocenters. The smallest absolute Gasteiger partial charge is 0.322 e. The molecule has 3 aromatic rings. The second-order valence-corrected chi connectivity index (χ2v) is 9.16. The fourth-order valence-corrected chi connectivity index (χ4v) is 4.29. The third-order valence-corrected chi connectivity index (χ3v) is 6.12. The summed E-state index contributed by atoms with van der Waals surface area (Å²) >= 11 is 1.66. The van der Waals surface area contributed by atoms with E-state index in [4.69, 9.17) is 10.00 Å². The Bertz CT molecular complexity index is 1140. The maximum Gasteiger partial charge on any atom is 0.322 e. The van der Waals surface area contributed by atoms with Crippen molar-refractivity contribution < 1.29 is 14.3 Å². The van der Waals surface area contributed by atoms with Gasteiger partial charge in [0.15, 0.2) is 0 Å². The highest BCUT2D eigenvalue weighted by Gasteiger charge is 2.22. The minimum atomic E-state index is -0.424. The van der Waals surface area contributed by atoms with Crippen molar-refractivity contribution in [2.45, 2.75) is 20.0 Å². The molecule has 34 heavy (non-hydrogen) atoms. The van der Waals surface area contributed by atoms with Crippen LogP contribution in [0.2, 0.25) is 0 Å². The van der Waals surface area contributed by atoms with Crippen molar-refractivity contribution in [1.82, 2.24) is 9.80 Å². The highest BCUT2D eigenvalue weighted by molar-refractivity contribution is 7.11. The van der Waals surface area contributed by atoms with Crippen molar-refractivity contribution in [3.63, 3.8) is 0 Å². The van der Waals surface area contributed by atoms with E-state index < -0.39 is 6.03 Å². The largest absolute Gasteiger partial charge is 0.383 e. The van der Waals surface area contributed by atoms with Crippen LogP contribution in [0.25, 0.3) is 0 Å². The first-order valence-corrected chi connectivity index (χ1v) is 11.7. The number of thiophene rings is 1. The Kier molecular flexibility index (Phi) is 9.21. The average molecular weight is 477 g/mol. The number of benzene rings is 2. The number of carbonyl (C=O) groups excluding carboxylic acids is 2. The Hall–Kier alpha value is -3.67. The number of anilines is 1. The van der Waals surface area contributed by atoms with Gasteiger partial charge in [0, 0.05) is 35.6 Å². The van der Waals surface area contributed by atoms with Gasteiger partial charge in [-0.3, -0.25) is 4.79 Å². The summed E-state index contributed by atoms with van der Waals surface area (Å²) in [5, 5.41) is 11.9. The lowest BCUT2D eigenvalue weighted by molar-refractivity contribution is -0.133. The Morgan fingerprint density at radius 3 is 2.50 bits per heavy atom. The van der Waals surface area contributed by atoms with E-state index in [-0.39, 0.29) is 19.0 Å². The summed E-state index contributed by atoms with van der Waals surface area (Å²) < 4.78 is 5.16. The molecule has 176 valence electrons. The number of nitriles is 1. The van der Waals surface area contributed by atoms with Crippen molar-refractivity contribution in [3.8, 4) is 6.07 Å². The zero-order chi connectivity index (χ0) is 24.3. The quantitative estimate of drug-likeness (QED) is 0.462. The molecule has 3 rings (SSSR count). The van der Waals surface area contributed by atoms with E-state index in [0.717, 1.165) is 10.4 Å². The van der Waals surface area contributed by atoms with Gasteiger partial charge in [-0.1, -0.05) is 36.4 Å². The molecule has 7 nitrogen and oxygen atoms in total. The van der Waals surface area contributed by atoms with Gasteiger partial charge in [-0.05, 0) is 42.8 Å². The zero-order valence-electron chi connectivity index (χ0n) is 19.4. The number of aryl methyl sites for hydroxylation is 1. The third kappa shape index (κ3) is 7.44. The first kappa shape index (κ1) is 25.0. The topological polar surface area (TPSA) is 85.7 Å². The molecule has 0 radical (unpaired) electrons. The van der Waals surface area contributed by atoms with E-state index >= 15 is 0 Å². The minimum absolute atomic E-state index is 0.0929. The van der Waals surface area contributed by atoms with Crippen molar-refractivity contribution in [3.05, 3.63) is 87.6 Å². The van der Waals surface area contributed by atoms with Crippen molar-refractivity contribution in [2.24, 2.45) is 0 Å². The first-order chi connectivity index (χ1) is 16.5. The van der Waals surface area contributed by atoms with Crippen LogP contribution in [0.5, 0.6) is 0 Å². The molecule has 3 amide bonds. The number of hydrogen-bond acceptors (Lipinski definition) is 5. The van der Waals surface area contributed by atoms with E-state index in [9.17, 15) is 9.59 Å². The number of nitrogens with one attached hydrogen (secondary N) is 1. The summed E-state index contributed by atoms with van der Waals surface area (Å²) in [6.07, 6.45) is 0. The lowest BCUT2D eigenvalue weighted by Crippen LogP contribution is -2.45. The van der Waals surface area contributed by atoms with Gasteiger partial charge < -0.3 is 19.9 Å². The molecule has 0 aliphatic heterocycles. The number of rotatable bonds is 10. The number of hydrogen-bond donors (Lipinski definition) is 1. The van der Waals surface area contributed by atoms with Gasteiger partial charge in [0.1, 0.15) is 6.54 Å². The molecule has 0 atom stereocenters. The van der Waals surface area contributed by atoms with Crippen LogP contribution in [-0.2, 0) is 22.6 Å². The number of amides is 3. The fraction of sp³-hybridized carbons (Fsp3) is 0.269. The van der Waals surface area contributed by atoms with Crippen LogP contribution in [0.3, 0.4) is 0 Å². The second-order valence-electron chi connectivity index (χ2n) is 7.78. The number of urea groups is 1. The summed E-state index contributed by atoms with van der Waals surface area (Å²) in [6.45, 7) is 3.40. The van der Waals surface area contributed by atoms with Crippen LogP contribution in [0, 0.1) is 18.3 Å². The van der Waals surface area contributed by atoms with E-state index in [0.29, 0.717) is 30.9 Å². The normalized spacial score (nSPS) is 10.4. The zero-order valence-corrected chi connectivity index (χ0v) is 20.2. The van der Waals surface area contributed by atoms with Crippen LogP contribution in [0.15, 0.2) is 66.7 Å². The van der Waals surface area contributed by atoms with E-state index in [1.165, 1.54) is 9.78 Å². The van der Waals surface area contributed by atoms with Crippen LogP contribution in [0.4, 0.5) is 10.5 Å². The Morgan fingerprint density at radius 2 is 1.82 bits per heavy atom. The molecule has 0 aliphatic rings. The van der Waals surface area contributed by atoms with Gasteiger partial charge in [0.05, 0.1) is 24.8 Å². The first-order valence-electron chi connectivity index (χ1n) is 10.9. The van der Waals surface area contributed by atoms with Gasteiger partial charge in [0.25, 0.3) is 0 Å². The SMILES string of the molecule is COCCN(CC(=O)N(Cc1ccccc1)Cc1ccc(C)s1)C(=O)Nc1cccc(C#N)c1. The predicted octanol–water partition coefficient (Wildman–Crippen LogP) is 4.64.